The van der Waals surface area contributed by atoms with E-state index in [0.29, 0.717) is 10.8 Å². The van der Waals surface area contributed by atoms with E-state index in [0.717, 1.165) is 11.4 Å². The zero-order chi connectivity index (χ0) is 18.5. The lowest BCUT2D eigenvalue weighted by molar-refractivity contribution is -0.115. The molecular weight excluding hydrogens is 357 g/mol. The summed E-state index contributed by atoms with van der Waals surface area (Å²) < 4.78 is 19.9. The van der Waals surface area contributed by atoms with E-state index in [1.165, 1.54) is 34.6 Å². The molecule has 0 radical (unpaired) electrons. The fourth-order valence-electron chi connectivity index (χ4n) is 2.16. The van der Waals surface area contributed by atoms with E-state index >= 15 is 0 Å². The van der Waals surface area contributed by atoms with Crippen LogP contribution in [0.25, 0.3) is 5.69 Å². The Balaban J connectivity index is 1.70. The molecule has 2 aromatic carbocycles. The first-order valence-corrected chi connectivity index (χ1v) is 8.60. The molecule has 0 aliphatic heterocycles. The molecule has 0 spiro atoms. The molecule has 0 saturated heterocycles. The molecule has 134 valence electrons. The third-order valence-corrected chi connectivity index (χ3v) is 4.53. The number of nitrogens with zero attached hydrogens (tertiary/aromatic N) is 4. The fraction of sp³-hybridized carbons (Fsp3) is 0.176. The highest BCUT2D eigenvalue weighted by molar-refractivity contribution is 8.00. The van der Waals surface area contributed by atoms with Crippen molar-refractivity contribution in [1.82, 2.24) is 20.2 Å². The number of tetrazole rings is 1. The molecular formula is C17H16FN5O2S. The van der Waals surface area contributed by atoms with Crippen LogP contribution in [0.3, 0.4) is 0 Å². The van der Waals surface area contributed by atoms with Gasteiger partial charge in [0.15, 0.2) is 0 Å². The van der Waals surface area contributed by atoms with Crippen molar-refractivity contribution in [2.75, 3.05) is 12.4 Å². The first-order valence-electron chi connectivity index (χ1n) is 7.72. The van der Waals surface area contributed by atoms with Crippen LogP contribution >= 0.6 is 11.8 Å². The van der Waals surface area contributed by atoms with Crippen LogP contribution < -0.4 is 10.1 Å². The van der Waals surface area contributed by atoms with Crippen molar-refractivity contribution >= 4 is 23.4 Å². The van der Waals surface area contributed by atoms with Gasteiger partial charge in [0.1, 0.15) is 11.6 Å². The number of ether oxygens (including phenoxy) is 1. The number of anilines is 1. The molecule has 0 aliphatic carbocycles. The molecule has 0 saturated carbocycles. The van der Waals surface area contributed by atoms with Crippen molar-refractivity contribution in [3.8, 4) is 11.4 Å². The second-order valence-electron chi connectivity index (χ2n) is 5.33. The average molecular weight is 373 g/mol. The van der Waals surface area contributed by atoms with E-state index in [1.54, 1.807) is 32.2 Å². The van der Waals surface area contributed by atoms with Gasteiger partial charge in [0, 0.05) is 5.69 Å². The van der Waals surface area contributed by atoms with Crippen molar-refractivity contribution in [1.29, 1.82) is 0 Å². The Labute approximate surface area is 153 Å². The summed E-state index contributed by atoms with van der Waals surface area (Å²) >= 11 is 1.20. The van der Waals surface area contributed by atoms with Gasteiger partial charge in [-0.15, -0.1) is 5.10 Å². The highest BCUT2D eigenvalue weighted by Gasteiger charge is 2.19. The number of nitrogens with one attached hydrogen (secondary N) is 1. The molecule has 1 amide bonds. The van der Waals surface area contributed by atoms with E-state index < -0.39 is 11.1 Å². The third kappa shape index (κ3) is 4.17. The number of aromatic nitrogens is 4. The van der Waals surface area contributed by atoms with E-state index in [9.17, 15) is 9.18 Å². The standard InChI is InChI=1S/C17H16FN5O2S/c1-11(16(24)19-13-5-3-4-12(18)10-13)26-17-20-21-22-23(17)14-6-8-15(25-2)9-7-14/h3-11H,1-2H3,(H,19,24). The summed E-state index contributed by atoms with van der Waals surface area (Å²) in [6.07, 6.45) is 0. The normalized spacial score (nSPS) is 11.8. The number of amides is 1. The maximum absolute atomic E-state index is 13.2. The second kappa shape index (κ2) is 7.96. The van der Waals surface area contributed by atoms with Crippen LogP contribution in [0.2, 0.25) is 0 Å². The summed E-state index contributed by atoms with van der Waals surface area (Å²) in [6.45, 7) is 1.73. The van der Waals surface area contributed by atoms with Crippen molar-refractivity contribution in [2.24, 2.45) is 0 Å². The quantitative estimate of drug-likeness (QED) is 0.669. The summed E-state index contributed by atoms with van der Waals surface area (Å²) in [7, 11) is 1.59. The van der Waals surface area contributed by atoms with Crippen LogP contribution in [0.4, 0.5) is 10.1 Å². The van der Waals surface area contributed by atoms with Gasteiger partial charge in [-0.05, 0) is 59.8 Å². The molecule has 0 aliphatic rings. The Kier molecular flexibility index (Phi) is 5.47. The summed E-state index contributed by atoms with van der Waals surface area (Å²) in [5, 5.41) is 14.3. The molecule has 9 heteroatoms. The molecule has 1 atom stereocenters. The minimum absolute atomic E-state index is 0.273. The van der Waals surface area contributed by atoms with Gasteiger partial charge >= 0.3 is 0 Å². The molecule has 26 heavy (non-hydrogen) atoms. The minimum Gasteiger partial charge on any atom is -0.497 e. The average Bonchev–Trinajstić information content (AvgIpc) is 3.10. The highest BCUT2D eigenvalue weighted by Crippen LogP contribution is 2.24. The fourth-order valence-corrected chi connectivity index (χ4v) is 2.97. The number of carbonyl (C=O) groups excluding carboxylic acids is 1. The van der Waals surface area contributed by atoms with Gasteiger partial charge in [-0.25, -0.2) is 4.39 Å². The van der Waals surface area contributed by atoms with Crippen LogP contribution in [-0.2, 0) is 4.79 Å². The number of carbonyl (C=O) groups is 1. The van der Waals surface area contributed by atoms with Crippen molar-refractivity contribution in [3.63, 3.8) is 0 Å². The van der Waals surface area contributed by atoms with E-state index in [4.69, 9.17) is 4.74 Å². The zero-order valence-electron chi connectivity index (χ0n) is 14.1. The zero-order valence-corrected chi connectivity index (χ0v) is 14.9. The molecule has 3 rings (SSSR count). The summed E-state index contributed by atoms with van der Waals surface area (Å²) in [5.41, 5.74) is 1.15. The number of halogens is 1. The van der Waals surface area contributed by atoms with Gasteiger partial charge in [-0.2, -0.15) is 4.68 Å². The summed E-state index contributed by atoms with van der Waals surface area (Å²) in [6, 6.07) is 13.0. The molecule has 7 nitrogen and oxygen atoms in total. The van der Waals surface area contributed by atoms with E-state index in [-0.39, 0.29) is 5.91 Å². The highest BCUT2D eigenvalue weighted by atomic mass is 32.2. The first-order chi connectivity index (χ1) is 12.6. The molecule has 1 N–H and O–H groups in total. The molecule has 3 aromatic rings. The summed E-state index contributed by atoms with van der Waals surface area (Å²) in [5.74, 6) is 0.0373. The lowest BCUT2D eigenvalue weighted by Crippen LogP contribution is -2.23. The number of rotatable bonds is 6. The monoisotopic (exact) mass is 373 g/mol. The maximum Gasteiger partial charge on any atom is 0.237 e. The van der Waals surface area contributed by atoms with Crippen LogP contribution in [0.1, 0.15) is 6.92 Å². The largest absolute Gasteiger partial charge is 0.497 e. The first kappa shape index (κ1) is 17.9. The van der Waals surface area contributed by atoms with Gasteiger partial charge in [-0.1, -0.05) is 17.8 Å². The second-order valence-corrected chi connectivity index (χ2v) is 6.64. The van der Waals surface area contributed by atoms with Gasteiger partial charge in [-0.3, -0.25) is 4.79 Å². The van der Waals surface area contributed by atoms with Crippen LogP contribution in [0, 0.1) is 5.82 Å². The van der Waals surface area contributed by atoms with Gasteiger partial charge in [0.25, 0.3) is 0 Å². The number of benzene rings is 2. The lowest BCUT2D eigenvalue weighted by Gasteiger charge is -2.12. The number of hydrogen-bond acceptors (Lipinski definition) is 6. The molecule has 0 bridgehead atoms. The minimum atomic E-state index is -0.485. The SMILES string of the molecule is COc1ccc(-n2nnnc2SC(C)C(=O)Nc2cccc(F)c2)cc1. The van der Waals surface area contributed by atoms with Crippen molar-refractivity contribution in [2.45, 2.75) is 17.3 Å². The molecule has 1 aromatic heterocycles. The number of thioether (sulfide) groups is 1. The number of hydrogen-bond donors (Lipinski definition) is 1. The Hall–Kier alpha value is -2.94. The van der Waals surface area contributed by atoms with Crippen molar-refractivity contribution in [3.05, 3.63) is 54.3 Å². The molecule has 0 fully saturated rings. The Morgan fingerprint density at radius 3 is 2.73 bits per heavy atom. The van der Waals surface area contributed by atoms with Gasteiger partial charge < -0.3 is 10.1 Å². The topological polar surface area (TPSA) is 81.9 Å². The Morgan fingerprint density at radius 1 is 1.27 bits per heavy atom. The van der Waals surface area contributed by atoms with Crippen LogP contribution in [-0.4, -0.2) is 38.5 Å². The predicted molar refractivity (Wildman–Crippen MR) is 96.1 cm³/mol. The smallest absolute Gasteiger partial charge is 0.237 e. The number of methoxy groups -OCH3 is 1. The van der Waals surface area contributed by atoms with Gasteiger partial charge in [0.2, 0.25) is 11.1 Å². The van der Waals surface area contributed by atoms with E-state index in [1.807, 2.05) is 12.1 Å². The van der Waals surface area contributed by atoms with Crippen LogP contribution in [0.5, 0.6) is 5.75 Å². The predicted octanol–water partition coefficient (Wildman–Crippen LogP) is 2.93. The summed E-state index contributed by atoms with van der Waals surface area (Å²) in [4.78, 5) is 12.3. The van der Waals surface area contributed by atoms with Crippen LogP contribution in [0.15, 0.2) is 53.7 Å². The molecule has 1 unspecified atom stereocenters. The van der Waals surface area contributed by atoms with E-state index in [2.05, 4.69) is 20.8 Å². The Morgan fingerprint density at radius 2 is 2.04 bits per heavy atom. The van der Waals surface area contributed by atoms with Crippen molar-refractivity contribution < 1.29 is 13.9 Å². The lowest BCUT2D eigenvalue weighted by atomic mass is 10.3. The Bertz CT molecular complexity index is 900. The maximum atomic E-state index is 13.2. The molecule has 1 heterocycles. The third-order valence-electron chi connectivity index (χ3n) is 3.50. The van der Waals surface area contributed by atoms with Gasteiger partial charge in [0.05, 0.1) is 18.0 Å².